The summed E-state index contributed by atoms with van der Waals surface area (Å²) in [4.78, 5) is 0. The highest BCUT2D eigenvalue weighted by Crippen LogP contribution is 2.17. The van der Waals surface area contributed by atoms with Gasteiger partial charge in [-0.15, -0.1) is 0 Å². The maximum Gasteiger partial charge on any atom is 0.0409 e. The maximum atomic E-state index is 3.45. The third-order valence-corrected chi connectivity index (χ3v) is 3.18. The highest BCUT2D eigenvalue weighted by atomic mass is 32.1. The lowest BCUT2D eigenvalue weighted by molar-refractivity contribution is 1.15. The summed E-state index contributed by atoms with van der Waals surface area (Å²) >= 11 is 1.74. The Bertz CT molecular complexity index is 432. The SMILES string of the molecule is Cc1ccc(NCc2ccsc2)c(C)c1. The van der Waals surface area contributed by atoms with Gasteiger partial charge < -0.3 is 5.32 Å². The van der Waals surface area contributed by atoms with Gasteiger partial charge in [-0.25, -0.2) is 0 Å². The van der Waals surface area contributed by atoms with Crippen LogP contribution in [0.25, 0.3) is 0 Å². The van der Waals surface area contributed by atoms with Crippen molar-refractivity contribution < 1.29 is 0 Å². The van der Waals surface area contributed by atoms with E-state index in [0.29, 0.717) is 0 Å². The highest BCUT2D eigenvalue weighted by Gasteiger charge is 1.98. The number of rotatable bonds is 3. The van der Waals surface area contributed by atoms with Crippen LogP contribution in [-0.2, 0) is 6.54 Å². The van der Waals surface area contributed by atoms with Crippen molar-refractivity contribution in [2.45, 2.75) is 20.4 Å². The molecule has 78 valence electrons. The van der Waals surface area contributed by atoms with Crippen molar-refractivity contribution >= 4 is 17.0 Å². The van der Waals surface area contributed by atoms with E-state index in [1.165, 1.54) is 22.4 Å². The molecular weight excluding hydrogens is 202 g/mol. The molecule has 1 nitrogen and oxygen atoms in total. The molecular formula is C13H15NS. The zero-order valence-electron chi connectivity index (χ0n) is 9.08. The van der Waals surface area contributed by atoms with Crippen LogP contribution >= 0.6 is 11.3 Å². The molecule has 0 unspecified atom stereocenters. The fourth-order valence-corrected chi connectivity index (χ4v) is 2.27. The van der Waals surface area contributed by atoms with Crippen molar-refractivity contribution in [1.82, 2.24) is 0 Å². The van der Waals surface area contributed by atoms with E-state index in [4.69, 9.17) is 0 Å². The molecule has 1 aromatic heterocycles. The molecule has 0 saturated heterocycles. The molecule has 0 fully saturated rings. The van der Waals surface area contributed by atoms with Crippen molar-refractivity contribution in [3.63, 3.8) is 0 Å². The molecule has 0 amide bonds. The van der Waals surface area contributed by atoms with E-state index >= 15 is 0 Å². The third-order valence-electron chi connectivity index (χ3n) is 2.44. The van der Waals surface area contributed by atoms with Crippen molar-refractivity contribution in [2.24, 2.45) is 0 Å². The van der Waals surface area contributed by atoms with Gasteiger partial charge in [-0.1, -0.05) is 17.7 Å². The largest absolute Gasteiger partial charge is 0.381 e. The molecule has 1 heterocycles. The molecule has 1 aromatic carbocycles. The second-order valence-corrected chi connectivity index (χ2v) is 4.58. The Balaban J connectivity index is 2.05. The van der Waals surface area contributed by atoms with E-state index in [9.17, 15) is 0 Å². The van der Waals surface area contributed by atoms with Gasteiger partial charge in [0.2, 0.25) is 0 Å². The van der Waals surface area contributed by atoms with Crippen molar-refractivity contribution in [2.75, 3.05) is 5.32 Å². The second-order valence-electron chi connectivity index (χ2n) is 3.80. The lowest BCUT2D eigenvalue weighted by atomic mass is 10.1. The summed E-state index contributed by atoms with van der Waals surface area (Å²) in [5, 5.41) is 7.74. The predicted octanol–water partition coefficient (Wildman–Crippen LogP) is 3.98. The number of hydrogen-bond donors (Lipinski definition) is 1. The highest BCUT2D eigenvalue weighted by molar-refractivity contribution is 7.07. The summed E-state index contributed by atoms with van der Waals surface area (Å²) in [6.45, 7) is 5.17. The minimum Gasteiger partial charge on any atom is -0.381 e. The first-order chi connectivity index (χ1) is 7.25. The molecule has 0 bridgehead atoms. The molecule has 0 aliphatic carbocycles. The van der Waals surface area contributed by atoms with Crippen LogP contribution in [0, 0.1) is 13.8 Å². The normalized spacial score (nSPS) is 10.3. The third kappa shape index (κ3) is 2.60. The molecule has 2 heteroatoms. The molecule has 0 aliphatic heterocycles. The van der Waals surface area contributed by atoms with Crippen LogP contribution in [0.5, 0.6) is 0 Å². The Morgan fingerprint density at radius 2 is 2.07 bits per heavy atom. The number of nitrogens with one attached hydrogen (secondary N) is 1. The summed E-state index contributed by atoms with van der Waals surface area (Å²) in [6.07, 6.45) is 0. The molecule has 0 radical (unpaired) electrons. The Hall–Kier alpha value is -1.28. The average molecular weight is 217 g/mol. The number of benzene rings is 1. The second kappa shape index (κ2) is 4.49. The summed E-state index contributed by atoms with van der Waals surface area (Å²) < 4.78 is 0. The van der Waals surface area contributed by atoms with Crippen LogP contribution in [-0.4, -0.2) is 0 Å². The average Bonchev–Trinajstić information content (AvgIpc) is 2.69. The monoisotopic (exact) mass is 217 g/mol. The first kappa shape index (κ1) is 10.2. The van der Waals surface area contributed by atoms with Crippen LogP contribution < -0.4 is 5.32 Å². The van der Waals surface area contributed by atoms with Crippen LogP contribution in [0.2, 0.25) is 0 Å². The topological polar surface area (TPSA) is 12.0 Å². The number of hydrogen-bond acceptors (Lipinski definition) is 2. The first-order valence-electron chi connectivity index (χ1n) is 5.08. The van der Waals surface area contributed by atoms with E-state index in [-0.39, 0.29) is 0 Å². The van der Waals surface area contributed by atoms with Gasteiger partial charge >= 0.3 is 0 Å². The quantitative estimate of drug-likeness (QED) is 0.820. The van der Waals surface area contributed by atoms with E-state index in [1.54, 1.807) is 11.3 Å². The van der Waals surface area contributed by atoms with Crippen molar-refractivity contribution in [3.05, 3.63) is 51.7 Å². The molecule has 1 N–H and O–H groups in total. The van der Waals surface area contributed by atoms with Crippen molar-refractivity contribution in [3.8, 4) is 0 Å². The minimum atomic E-state index is 0.910. The molecule has 0 spiro atoms. The smallest absolute Gasteiger partial charge is 0.0409 e. The molecule has 0 atom stereocenters. The Morgan fingerprint density at radius 3 is 2.73 bits per heavy atom. The summed E-state index contributed by atoms with van der Waals surface area (Å²) in [6, 6.07) is 8.65. The molecule has 2 rings (SSSR count). The molecule has 0 aliphatic rings. The van der Waals surface area contributed by atoms with Gasteiger partial charge in [0, 0.05) is 12.2 Å². The van der Waals surface area contributed by atoms with Crippen LogP contribution in [0.15, 0.2) is 35.0 Å². The predicted molar refractivity (Wildman–Crippen MR) is 67.6 cm³/mol. The summed E-state index contributed by atoms with van der Waals surface area (Å²) in [5.74, 6) is 0. The maximum absolute atomic E-state index is 3.45. The van der Waals surface area contributed by atoms with E-state index in [1.807, 2.05) is 0 Å². The summed E-state index contributed by atoms with van der Waals surface area (Å²) in [7, 11) is 0. The lowest BCUT2D eigenvalue weighted by Gasteiger charge is -2.09. The Labute approximate surface area is 94.8 Å². The van der Waals surface area contributed by atoms with Gasteiger partial charge in [0.25, 0.3) is 0 Å². The fraction of sp³-hybridized carbons (Fsp3) is 0.231. The molecule has 15 heavy (non-hydrogen) atoms. The summed E-state index contributed by atoms with van der Waals surface area (Å²) in [5.41, 5.74) is 5.20. The Kier molecular flexibility index (Phi) is 3.07. The van der Waals surface area contributed by atoms with E-state index in [2.05, 4.69) is 54.2 Å². The van der Waals surface area contributed by atoms with Gasteiger partial charge in [0.05, 0.1) is 0 Å². The van der Waals surface area contributed by atoms with Gasteiger partial charge in [-0.3, -0.25) is 0 Å². The number of anilines is 1. The fourth-order valence-electron chi connectivity index (χ4n) is 1.60. The molecule has 2 aromatic rings. The Morgan fingerprint density at radius 1 is 1.20 bits per heavy atom. The molecule has 0 saturated carbocycles. The van der Waals surface area contributed by atoms with Gasteiger partial charge in [0.1, 0.15) is 0 Å². The zero-order valence-corrected chi connectivity index (χ0v) is 9.90. The van der Waals surface area contributed by atoms with Crippen LogP contribution in [0.4, 0.5) is 5.69 Å². The van der Waals surface area contributed by atoms with E-state index < -0.39 is 0 Å². The van der Waals surface area contributed by atoms with Crippen LogP contribution in [0.1, 0.15) is 16.7 Å². The standard InChI is InChI=1S/C13H15NS/c1-10-3-4-13(11(2)7-10)14-8-12-5-6-15-9-12/h3-7,9,14H,8H2,1-2H3. The number of aryl methyl sites for hydroxylation is 2. The van der Waals surface area contributed by atoms with Gasteiger partial charge in [-0.05, 0) is 47.9 Å². The lowest BCUT2D eigenvalue weighted by Crippen LogP contribution is -1.99. The number of thiophene rings is 1. The van der Waals surface area contributed by atoms with Crippen LogP contribution in [0.3, 0.4) is 0 Å². The van der Waals surface area contributed by atoms with E-state index in [0.717, 1.165) is 6.54 Å². The van der Waals surface area contributed by atoms with Gasteiger partial charge in [-0.2, -0.15) is 11.3 Å². The van der Waals surface area contributed by atoms with Crippen molar-refractivity contribution in [1.29, 1.82) is 0 Å². The first-order valence-corrected chi connectivity index (χ1v) is 6.02. The van der Waals surface area contributed by atoms with Gasteiger partial charge in [0.15, 0.2) is 0 Å². The minimum absolute atomic E-state index is 0.910. The zero-order chi connectivity index (χ0) is 10.7.